The maximum Gasteiger partial charge on any atom is 0.157 e. The Kier molecular flexibility index (Phi) is 4.74. The number of nitrogens with zero attached hydrogens (tertiary/aromatic N) is 3. The molecule has 2 aromatic rings. The zero-order chi connectivity index (χ0) is 13.7. The van der Waals surface area contributed by atoms with Gasteiger partial charge >= 0.3 is 0 Å². The Labute approximate surface area is 114 Å². The molecule has 104 valence electrons. The molecular weight excluding hydrogens is 238 g/mol. The van der Waals surface area contributed by atoms with Crippen LogP contribution in [0.3, 0.4) is 0 Å². The molecule has 0 aliphatic rings. The lowest BCUT2D eigenvalue weighted by Crippen LogP contribution is -2.19. The molecule has 0 bridgehead atoms. The number of hydrogen-bond donors (Lipinski definition) is 2. The summed E-state index contributed by atoms with van der Waals surface area (Å²) in [6.45, 7) is 5.97. The van der Waals surface area contributed by atoms with Crippen molar-refractivity contribution in [3.63, 3.8) is 0 Å². The Morgan fingerprint density at radius 1 is 1.37 bits per heavy atom. The van der Waals surface area contributed by atoms with E-state index in [1.807, 2.05) is 10.6 Å². The summed E-state index contributed by atoms with van der Waals surface area (Å²) < 4.78 is 1.85. The molecule has 0 spiro atoms. The van der Waals surface area contributed by atoms with Crippen LogP contribution < -0.4 is 11.1 Å². The third kappa shape index (κ3) is 3.44. The Bertz CT molecular complexity index is 514. The third-order valence-electron chi connectivity index (χ3n) is 3.37. The van der Waals surface area contributed by atoms with Gasteiger partial charge in [-0.15, -0.1) is 0 Å². The van der Waals surface area contributed by atoms with Crippen molar-refractivity contribution < 1.29 is 0 Å². The number of rotatable bonds is 7. The Morgan fingerprint density at radius 3 is 2.95 bits per heavy atom. The molecule has 0 fully saturated rings. The zero-order valence-corrected chi connectivity index (χ0v) is 11.8. The molecule has 2 aromatic heterocycles. The van der Waals surface area contributed by atoms with E-state index in [0.717, 1.165) is 31.0 Å². The minimum Gasteiger partial charge on any atom is -0.370 e. The van der Waals surface area contributed by atoms with E-state index in [4.69, 9.17) is 5.73 Å². The minimum absolute atomic E-state index is 0.620. The molecule has 0 aliphatic carbocycles. The number of aryl methyl sites for hydroxylation is 1. The molecule has 5 heteroatoms. The molecule has 3 N–H and O–H groups in total. The maximum absolute atomic E-state index is 5.67. The predicted octanol–water partition coefficient (Wildman–Crippen LogP) is 2.21. The lowest BCUT2D eigenvalue weighted by molar-refractivity contribution is 0.472. The van der Waals surface area contributed by atoms with E-state index >= 15 is 0 Å². The van der Waals surface area contributed by atoms with Gasteiger partial charge in [-0.3, -0.25) is 0 Å². The van der Waals surface area contributed by atoms with Crippen LogP contribution in [0.15, 0.2) is 18.5 Å². The van der Waals surface area contributed by atoms with Crippen LogP contribution in [0, 0.1) is 12.8 Å². The van der Waals surface area contributed by atoms with E-state index in [-0.39, 0.29) is 0 Å². The number of fused-ring (bicyclic) bond motifs is 1. The highest BCUT2D eigenvalue weighted by molar-refractivity contribution is 5.51. The van der Waals surface area contributed by atoms with Gasteiger partial charge in [0, 0.05) is 6.54 Å². The maximum atomic E-state index is 5.67. The number of aromatic nitrogens is 3. The Morgan fingerprint density at radius 2 is 2.21 bits per heavy atom. The summed E-state index contributed by atoms with van der Waals surface area (Å²) in [5.74, 6) is 1.62. The number of nitrogens with two attached hydrogens (primary N) is 1. The normalized spacial score (nSPS) is 12.8. The van der Waals surface area contributed by atoms with Crippen molar-refractivity contribution in [3.8, 4) is 0 Å². The zero-order valence-electron chi connectivity index (χ0n) is 11.8. The van der Waals surface area contributed by atoms with Gasteiger partial charge in [-0.25, -0.2) is 4.98 Å². The molecular formula is C14H23N5. The van der Waals surface area contributed by atoms with Crippen LogP contribution in [0.25, 0.3) is 5.65 Å². The fraction of sp³-hybridized carbons (Fsp3) is 0.571. The first-order chi connectivity index (χ1) is 9.24. The largest absolute Gasteiger partial charge is 0.370 e. The molecule has 19 heavy (non-hydrogen) atoms. The smallest absolute Gasteiger partial charge is 0.157 e. The fourth-order valence-electron chi connectivity index (χ4n) is 2.42. The molecule has 1 unspecified atom stereocenters. The first kappa shape index (κ1) is 13.8. The highest BCUT2D eigenvalue weighted by Crippen LogP contribution is 2.16. The first-order valence-corrected chi connectivity index (χ1v) is 6.99. The van der Waals surface area contributed by atoms with E-state index < -0.39 is 0 Å². The molecule has 5 nitrogen and oxygen atoms in total. The van der Waals surface area contributed by atoms with Crippen molar-refractivity contribution in [3.05, 3.63) is 24.0 Å². The number of pyridine rings is 1. The van der Waals surface area contributed by atoms with Crippen LogP contribution in [0.2, 0.25) is 0 Å². The molecule has 0 aromatic carbocycles. The quantitative estimate of drug-likeness (QED) is 0.802. The number of nitrogens with one attached hydrogen (secondary N) is 1. The van der Waals surface area contributed by atoms with Crippen molar-refractivity contribution in [2.45, 2.75) is 33.1 Å². The Balaban J connectivity index is 2.09. The van der Waals surface area contributed by atoms with Gasteiger partial charge in [-0.05, 0) is 49.9 Å². The highest BCUT2D eigenvalue weighted by Gasteiger charge is 2.09. The van der Waals surface area contributed by atoms with E-state index in [1.165, 1.54) is 18.4 Å². The SMILES string of the molecule is CCCC(CCN)CNc1cc(C)cc2ncnn12. The van der Waals surface area contributed by atoms with Gasteiger partial charge in [0.05, 0.1) is 0 Å². The van der Waals surface area contributed by atoms with Gasteiger partial charge in [0.2, 0.25) is 0 Å². The second-order valence-corrected chi connectivity index (χ2v) is 5.06. The van der Waals surface area contributed by atoms with Gasteiger partial charge in [0.1, 0.15) is 12.1 Å². The van der Waals surface area contributed by atoms with E-state index in [2.05, 4.69) is 35.3 Å². The first-order valence-electron chi connectivity index (χ1n) is 6.99. The summed E-state index contributed by atoms with van der Waals surface area (Å²) >= 11 is 0. The van der Waals surface area contributed by atoms with Gasteiger partial charge in [0.25, 0.3) is 0 Å². The Hall–Kier alpha value is -1.62. The van der Waals surface area contributed by atoms with Crippen molar-refractivity contribution in [2.75, 3.05) is 18.4 Å². The van der Waals surface area contributed by atoms with E-state index in [0.29, 0.717) is 5.92 Å². The minimum atomic E-state index is 0.620. The van der Waals surface area contributed by atoms with E-state index in [9.17, 15) is 0 Å². The molecule has 0 radical (unpaired) electrons. The van der Waals surface area contributed by atoms with Crippen molar-refractivity contribution in [1.82, 2.24) is 14.6 Å². The topological polar surface area (TPSA) is 68.2 Å². The van der Waals surface area contributed by atoms with Crippen LogP contribution in [0.4, 0.5) is 5.82 Å². The van der Waals surface area contributed by atoms with Gasteiger partial charge < -0.3 is 11.1 Å². The average Bonchev–Trinajstić information content (AvgIpc) is 2.84. The molecule has 0 saturated carbocycles. The summed E-state index contributed by atoms with van der Waals surface area (Å²) in [6.07, 6.45) is 5.05. The van der Waals surface area contributed by atoms with Gasteiger partial charge in [-0.2, -0.15) is 9.61 Å². The van der Waals surface area contributed by atoms with Gasteiger partial charge in [-0.1, -0.05) is 13.3 Å². The third-order valence-corrected chi connectivity index (χ3v) is 3.37. The van der Waals surface area contributed by atoms with Crippen LogP contribution in [-0.2, 0) is 0 Å². The summed E-state index contributed by atoms with van der Waals surface area (Å²) in [4.78, 5) is 4.23. The average molecular weight is 261 g/mol. The monoisotopic (exact) mass is 261 g/mol. The molecule has 0 amide bonds. The second-order valence-electron chi connectivity index (χ2n) is 5.06. The fourth-order valence-corrected chi connectivity index (χ4v) is 2.42. The lowest BCUT2D eigenvalue weighted by atomic mass is 10.00. The summed E-state index contributed by atoms with van der Waals surface area (Å²) in [7, 11) is 0. The second kappa shape index (κ2) is 6.52. The number of hydrogen-bond acceptors (Lipinski definition) is 4. The highest BCUT2D eigenvalue weighted by atomic mass is 15.3. The predicted molar refractivity (Wildman–Crippen MR) is 78.3 cm³/mol. The number of anilines is 1. The summed E-state index contributed by atoms with van der Waals surface area (Å²) in [5.41, 5.74) is 7.74. The molecule has 0 saturated heterocycles. The molecule has 2 heterocycles. The standard InChI is InChI=1S/C14H23N5/c1-3-4-12(5-6-15)9-16-13-7-11(2)8-14-17-10-18-19(13)14/h7-8,10,12,16H,3-6,9,15H2,1-2H3. The van der Waals surface area contributed by atoms with Crippen molar-refractivity contribution in [2.24, 2.45) is 11.7 Å². The molecule has 1 atom stereocenters. The van der Waals surface area contributed by atoms with Crippen molar-refractivity contribution >= 4 is 11.5 Å². The van der Waals surface area contributed by atoms with Crippen LogP contribution in [0.1, 0.15) is 31.7 Å². The van der Waals surface area contributed by atoms with Crippen LogP contribution in [0.5, 0.6) is 0 Å². The van der Waals surface area contributed by atoms with Crippen LogP contribution >= 0.6 is 0 Å². The molecule has 2 rings (SSSR count). The van der Waals surface area contributed by atoms with Gasteiger partial charge in [0.15, 0.2) is 5.65 Å². The summed E-state index contributed by atoms with van der Waals surface area (Å²) in [5, 5.41) is 7.74. The summed E-state index contributed by atoms with van der Waals surface area (Å²) in [6, 6.07) is 4.13. The van der Waals surface area contributed by atoms with E-state index in [1.54, 1.807) is 6.33 Å². The molecule has 0 aliphatic heterocycles. The van der Waals surface area contributed by atoms with Crippen molar-refractivity contribution in [1.29, 1.82) is 0 Å². The lowest BCUT2D eigenvalue weighted by Gasteiger charge is -2.17. The van der Waals surface area contributed by atoms with Crippen LogP contribution in [-0.4, -0.2) is 27.7 Å².